The zero-order valence-corrected chi connectivity index (χ0v) is 12.2. The minimum Gasteiger partial charge on any atom is -0.0654 e. The molecule has 1 heteroatoms. The second-order valence-corrected chi connectivity index (χ2v) is 6.03. The largest absolute Gasteiger partial charge is 0.0654 e. The summed E-state index contributed by atoms with van der Waals surface area (Å²) in [7, 11) is 0.786. The molecule has 0 amide bonds. The van der Waals surface area contributed by atoms with Gasteiger partial charge in [-0.25, -0.2) is 0 Å². The summed E-state index contributed by atoms with van der Waals surface area (Å²) in [4.78, 5) is 0. The number of rotatable bonds is 5. The van der Waals surface area contributed by atoms with Crippen LogP contribution >= 0.6 is 8.58 Å². The molecule has 0 bridgehead atoms. The summed E-state index contributed by atoms with van der Waals surface area (Å²) < 4.78 is 0. The van der Waals surface area contributed by atoms with Crippen molar-refractivity contribution in [2.75, 3.05) is 0 Å². The summed E-state index contributed by atoms with van der Waals surface area (Å²) in [5.74, 6) is 0. The second kappa shape index (κ2) is 6.71. The van der Waals surface area contributed by atoms with Crippen molar-refractivity contribution in [3.8, 4) is 0 Å². The van der Waals surface area contributed by atoms with Crippen LogP contribution in [0.15, 0.2) is 48.5 Å². The van der Waals surface area contributed by atoms with Gasteiger partial charge in [0.2, 0.25) is 0 Å². The van der Waals surface area contributed by atoms with E-state index in [1.807, 2.05) is 0 Å². The Labute approximate surface area is 112 Å². The van der Waals surface area contributed by atoms with Crippen molar-refractivity contribution in [3.63, 3.8) is 0 Å². The highest BCUT2D eigenvalue weighted by Crippen LogP contribution is 2.17. The molecule has 1 atom stereocenters. The van der Waals surface area contributed by atoms with E-state index in [1.165, 1.54) is 41.0 Å². The van der Waals surface area contributed by atoms with Gasteiger partial charge in [0, 0.05) is 0 Å². The van der Waals surface area contributed by atoms with Crippen LogP contribution in [-0.4, -0.2) is 0 Å². The van der Waals surface area contributed by atoms with Gasteiger partial charge in [-0.2, -0.15) is 0 Å². The normalized spacial score (nSPS) is 11.2. The third-order valence-electron chi connectivity index (χ3n) is 3.23. The number of benzene rings is 2. The van der Waals surface area contributed by atoms with E-state index in [9.17, 15) is 0 Å². The molecule has 0 heterocycles. The summed E-state index contributed by atoms with van der Waals surface area (Å²) >= 11 is 0. The van der Waals surface area contributed by atoms with E-state index in [-0.39, 0.29) is 0 Å². The highest BCUT2D eigenvalue weighted by atomic mass is 31.1. The Morgan fingerprint density at radius 1 is 0.889 bits per heavy atom. The van der Waals surface area contributed by atoms with E-state index in [0.29, 0.717) is 0 Å². The van der Waals surface area contributed by atoms with Crippen LogP contribution in [0.4, 0.5) is 0 Å². The van der Waals surface area contributed by atoms with Gasteiger partial charge in [-0.1, -0.05) is 70.5 Å². The first-order valence-electron chi connectivity index (χ1n) is 6.72. The lowest BCUT2D eigenvalue weighted by Crippen LogP contribution is -2.10. The SMILES string of the molecule is CCCCc1ccccc1Pc1ccccc1C. The van der Waals surface area contributed by atoms with Gasteiger partial charge in [0.15, 0.2) is 0 Å². The van der Waals surface area contributed by atoms with E-state index in [2.05, 4.69) is 62.4 Å². The van der Waals surface area contributed by atoms with Gasteiger partial charge >= 0.3 is 0 Å². The minimum atomic E-state index is 0.786. The molecule has 0 spiro atoms. The van der Waals surface area contributed by atoms with Crippen molar-refractivity contribution >= 4 is 19.2 Å². The maximum atomic E-state index is 2.29. The maximum Gasteiger partial charge on any atom is -0.0194 e. The second-order valence-electron chi connectivity index (χ2n) is 4.70. The Kier molecular flexibility index (Phi) is 4.96. The van der Waals surface area contributed by atoms with Crippen molar-refractivity contribution in [3.05, 3.63) is 59.7 Å². The molecule has 0 N–H and O–H groups in total. The first-order valence-corrected chi connectivity index (χ1v) is 7.72. The summed E-state index contributed by atoms with van der Waals surface area (Å²) in [6.07, 6.45) is 3.77. The first kappa shape index (κ1) is 13.3. The molecular formula is C17H21P. The van der Waals surface area contributed by atoms with E-state index in [0.717, 1.165) is 8.58 Å². The number of aryl methyl sites for hydroxylation is 2. The fourth-order valence-electron chi connectivity index (χ4n) is 2.09. The molecule has 0 saturated carbocycles. The van der Waals surface area contributed by atoms with Crippen LogP contribution in [-0.2, 0) is 6.42 Å². The lowest BCUT2D eigenvalue weighted by atomic mass is 10.1. The van der Waals surface area contributed by atoms with Gasteiger partial charge in [-0.05, 0) is 41.5 Å². The molecule has 0 aliphatic heterocycles. The predicted octanol–water partition coefficient (Wildman–Crippen LogP) is 3.97. The molecular weight excluding hydrogens is 235 g/mol. The highest BCUT2D eigenvalue weighted by Gasteiger charge is 2.04. The molecule has 2 rings (SSSR count). The number of hydrogen-bond acceptors (Lipinski definition) is 0. The van der Waals surface area contributed by atoms with Gasteiger partial charge in [0.1, 0.15) is 0 Å². The summed E-state index contributed by atoms with van der Waals surface area (Å²) in [5.41, 5.74) is 2.93. The van der Waals surface area contributed by atoms with Crippen molar-refractivity contribution in [1.82, 2.24) is 0 Å². The first-order chi connectivity index (χ1) is 8.81. The smallest absolute Gasteiger partial charge is 0.0194 e. The number of hydrogen-bond donors (Lipinski definition) is 0. The molecule has 18 heavy (non-hydrogen) atoms. The van der Waals surface area contributed by atoms with Gasteiger partial charge in [-0.3, -0.25) is 0 Å². The molecule has 2 aromatic carbocycles. The van der Waals surface area contributed by atoms with Crippen LogP contribution in [0.3, 0.4) is 0 Å². The molecule has 0 nitrogen and oxygen atoms in total. The fourth-order valence-corrected chi connectivity index (χ4v) is 3.38. The summed E-state index contributed by atoms with van der Waals surface area (Å²) in [6, 6.07) is 17.6. The Hall–Kier alpha value is -1.13. The van der Waals surface area contributed by atoms with E-state index in [4.69, 9.17) is 0 Å². The average molecular weight is 256 g/mol. The predicted molar refractivity (Wildman–Crippen MR) is 83.8 cm³/mol. The lowest BCUT2D eigenvalue weighted by molar-refractivity contribution is 0.798. The zero-order chi connectivity index (χ0) is 12.8. The van der Waals surface area contributed by atoms with Crippen LogP contribution < -0.4 is 10.6 Å². The molecule has 0 aliphatic carbocycles. The van der Waals surface area contributed by atoms with Crippen LogP contribution in [0.1, 0.15) is 30.9 Å². The van der Waals surface area contributed by atoms with E-state index >= 15 is 0 Å². The quantitative estimate of drug-likeness (QED) is 0.710. The van der Waals surface area contributed by atoms with E-state index in [1.54, 1.807) is 0 Å². The molecule has 0 aliphatic rings. The molecule has 1 unspecified atom stereocenters. The van der Waals surface area contributed by atoms with Gasteiger partial charge in [0.05, 0.1) is 0 Å². The van der Waals surface area contributed by atoms with E-state index < -0.39 is 0 Å². The minimum absolute atomic E-state index is 0.786. The molecule has 2 aromatic rings. The summed E-state index contributed by atoms with van der Waals surface area (Å²) in [6.45, 7) is 4.46. The third-order valence-corrected chi connectivity index (χ3v) is 4.82. The van der Waals surface area contributed by atoms with Gasteiger partial charge in [0.25, 0.3) is 0 Å². The summed E-state index contributed by atoms with van der Waals surface area (Å²) in [5, 5.41) is 2.99. The topological polar surface area (TPSA) is 0 Å². The zero-order valence-electron chi connectivity index (χ0n) is 11.2. The Bertz CT molecular complexity index is 502. The molecule has 94 valence electrons. The van der Waals surface area contributed by atoms with Crippen molar-refractivity contribution in [2.45, 2.75) is 33.1 Å². The van der Waals surface area contributed by atoms with Crippen molar-refractivity contribution in [2.24, 2.45) is 0 Å². The molecule has 0 saturated heterocycles. The number of unbranched alkanes of at least 4 members (excludes halogenated alkanes) is 1. The van der Waals surface area contributed by atoms with Crippen LogP contribution in [0, 0.1) is 6.92 Å². The fraction of sp³-hybridized carbons (Fsp3) is 0.294. The molecule has 0 aromatic heterocycles. The van der Waals surface area contributed by atoms with Gasteiger partial charge < -0.3 is 0 Å². The third kappa shape index (κ3) is 3.43. The van der Waals surface area contributed by atoms with Crippen molar-refractivity contribution in [1.29, 1.82) is 0 Å². The standard InChI is InChI=1S/C17H21P/c1-3-4-10-15-11-6-8-13-17(15)18-16-12-7-5-9-14(16)2/h5-9,11-13,18H,3-4,10H2,1-2H3. The Morgan fingerprint density at radius 2 is 1.56 bits per heavy atom. The maximum absolute atomic E-state index is 2.29. The average Bonchev–Trinajstić information content (AvgIpc) is 2.40. The molecule has 0 fully saturated rings. The Balaban J connectivity index is 2.21. The van der Waals surface area contributed by atoms with Crippen LogP contribution in [0.5, 0.6) is 0 Å². The Morgan fingerprint density at radius 3 is 2.28 bits per heavy atom. The van der Waals surface area contributed by atoms with Crippen molar-refractivity contribution < 1.29 is 0 Å². The lowest BCUT2D eigenvalue weighted by Gasteiger charge is -2.11. The van der Waals surface area contributed by atoms with Crippen LogP contribution in [0.2, 0.25) is 0 Å². The van der Waals surface area contributed by atoms with Gasteiger partial charge in [-0.15, -0.1) is 0 Å². The molecule has 0 radical (unpaired) electrons. The highest BCUT2D eigenvalue weighted by molar-refractivity contribution is 7.55. The monoisotopic (exact) mass is 256 g/mol. The van der Waals surface area contributed by atoms with Crippen LogP contribution in [0.25, 0.3) is 0 Å².